The van der Waals surface area contributed by atoms with Crippen molar-refractivity contribution in [3.05, 3.63) is 47.0 Å². The van der Waals surface area contributed by atoms with Gasteiger partial charge in [0.1, 0.15) is 30.1 Å². The van der Waals surface area contributed by atoms with Crippen molar-refractivity contribution in [3.8, 4) is 5.75 Å². The second kappa shape index (κ2) is 10.0. The Bertz CT molecular complexity index is 1480. The number of aliphatic hydroxyl groups is 2. The lowest BCUT2D eigenvalue weighted by atomic mass is 9.99. The highest BCUT2D eigenvalue weighted by Gasteiger charge is 2.79. The monoisotopic (exact) mass is 564 g/mol. The Morgan fingerprint density at radius 1 is 1.33 bits per heavy atom. The maximum absolute atomic E-state index is 13.9. The van der Waals surface area contributed by atoms with Crippen LogP contribution in [0.15, 0.2) is 41.5 Å². The SMILES string of the molecule is CC(C)OC(=O)[C@@H](C)N[P@](=O)(Oc1ccccc1)OC1[C@H]2O[C@@H](n3cnc4c(=O)[nH]c(N)nc43)[C@H](O)[C@@]12CO. The number of nitrogens with zero attached hydrogens (tertiary/aromatic N) is 3. The van der Waals surface area contributed by atoms with E-state index in [9.17, 15) is 24.4 Å². The second-order valence-corrected chi connectivity index (χ2v) is 11.3. The van der Waals surface area contributed by atoms with Crippen LogP contribution in [0.3, 0.4) is 0 Å². The molecule has 210 valence electrons. The molecule has 0 bridgehead atoms. The van der Waals surface area contributed by atoms with Crippen LogP contribution in [-0.2, 0) is 23.4 Å². The van der Waals surface area contributed by atoms with Gasteiger partial charge < -0.3 is 29.9 Å². The van der Waals surface area contributed by atoms with Crippen molar-refractivity contribution < 1.29 is 38.1 Å². The number of aromatic nitrogens is 4. The predicted molar refractivity (Wildman–Crippen MR) is 135 cm³/mol. The number of hydrogen-bond donors (Lipinski definition) is 5. The number of carbonyl (C=O) groups excluding carboxylic acids is 1. The molecule has 2 aliphatic rings. The fourth-order valence-electron chi connectivity index (χ4n) is 4.66. The van der Waals surface area contributed by atoms with Gasteiger partial charge in [0.2, 0.25) is 5.95 Å². The summed E-state index contributed by atoms with van der Waals surface area (Å²) in [6, 6.07) is 7.08. The molecule has 7 atom stereocenters. The van der Waals surface area contributed by atoms with Gasteiger partial charge in [-0.25, -0.2) is 9.55 Å². The molecule has 2 aromatic heterocycles. The highest BCUT2D eigenvalue weighted by atomic mass is 31.2. The van der Waals surface area contributed by atoms with E-state index < -0.39 is 68.0 Å². The summed E-state index contributed by atoms with van der Waals surface area (Å²) in [6.07, 6.45) is -3.66. The Morgan fingerprint density at radius 3 is 2.69 bits per heavy atom. The lowest BCUT2D eigenvalue weighted by Gasteiger charge is -2.28. The number of carbonyl (C=O) groups is 1. The number of H-pyrrole nitrogens is 1. The number of imidazole rings is 1. The van der Waals surface area contributed by atoms with E-state index in [-0.39, 0.29) is 22.9 Å². The minimum absolute atomic E-state index is 0.0151. The fourth-order valence-corrected chi connectivity index (χ4v) is 6.40. The van der Waals surface area contributed by atoms with Gasteiger partial charge in [-0.15, -0.1) is 0 Å². The number of esters is 1. The van der Waals surface area contributed by atoms with Crippen LogP contribution >= 0.6 is 7.75 Å². The number of hydrogen-bond acceptors (Lipinski definition) is 12. The van der Waals surface area contributed by atoms with Gasteiger partial charge in [0, 0.05) is 0 Å². The number of ether oxygens (including phenoxy) is 2. The van der Waals surface area contributed by atoms with Crippen LogP contribution in [0.5, 0.6) is 5.75 Å². The Morgan fingerprint density at radius 2 is 2.05 bits per heavy atom. The van der Waals surface area contributed by atoms with E-state index in [1.54, 1.807) is 44.2 Å². The minimum atomic E-state index is -4.30. The zero-order valence-electron chi connectivity index (χ0n) is 21.3. The number of aromatic amines is 1. The molecule has 1 unspecified atom stereocenters. The number of para-hydroxylation sites is 1. The van der Waals surface area contributed by atoms with Crippen LogP contribution in [0.1, 0.15) is 27.0 Å². The van der Waals surface area contributed by atoms with Crippen LogP contribution in [0, 0.1) is 5.41 Å². The van der Waals surface area contributed by atoms with Gasteiger partial charge in [-0.2, -0.15) is 10.1 Å². The Kier molecular flexibility index (Phi) is 6.99. The Balaban J connectivity index is 1.39. The summed E-state index contributed by atoms with van der Waals surface area (Å²) >= 11 is 0. The van der Waals surface area contributed by atoms with E-state index in [1.807, 2.05) is 0 Å². The molecule has 5 rings (SSSR count). The molecule has 3 heterocycles. The quantitative estimate of drug-likeness (QED) is 0.167. The Labute approximate surface area is 221 Å². The van der Waals surface area contributed by atoms with Crippen molar-refractivity contribution in [2.75, 3.05) is 12.3 Å². The molecular weight excluding hydrogens is 535 g/mol. The first-order valence-corrected chi connectivity index (χ1v) is 13.7. The number of nitrogens with two attached hydrogens (primary N) is 1. The zero-order chi connectivity index (χ0) is 28.1. The average molecular weight is 564 g/mol. The van der Waals surface area contributed by atoms with E-state index in [0.29, 0.717) is 0 Å². The minimum Gasteiger partial charge on any atom is -0.462 e. The molecule has 0 radical (unpaired) electrons. The van der Waals surface area contributed by atoms with Gasteiger partial charge in [-0.3, -0.25) is 23.7 Å². The number of rotatable bonds is 10. The number of benzene rings is 1. The molecule has 2 fully saturated rings. The number of nitrogen functional groups attached to an aromatic ring is 1. The van der Waals surface area contributed by atoms with Crippen molar-refractivity contribution in [2.45, 2.75) is 57.5 Å². The van der Waals surface area contributed by atoms with E-state index in [0.717, 1.165) is 0 Å². The molecule has 1 aromatic carbocycles. The van der Waals surface area contributed by atoms with Crippen molar-refractivity contribution in [2.24, 2.45) is 5.41 Å². The van der Waals surface area contributed by atoms with Gasteiger partial charge in [0.05, 0.1) is 24.5 Å². The molecule has 1 aliphatic carbocycles. The molecule has 1 saturated heterocycles. The van der Waals surface area contributed by atoms with Crippen LogP contribution in [-0.4, -0.2) is 72.8 Å². The van der Waals surface area contributed by atoms with Gasteiger partial charge in [-0.1, -0.05) is 18.2 Å². The molecule has 0 amide bonds. The number of anilines is 1. The summed E-state index contributed by atoms with van der Waals surface area (Å²) in [5, 5.41) is 24.2. The van der Waals surface area contributed by atoms with E-state index in [2.05, 4.69) is 20.0 Å². The number of fused-ring (bicyclic) bond motifs is 2. The molecule has 1 saturated carbocycles. The van der Waals surface area contributed by atoms with E-state index >= 15 is 0 Å². The summed E-state index contributed by atoms with van der Waals surface area (Å²) in [5.74, 6) is -0.636. The van der Waals surface area contributed by atoms with Crippen LogP contribution in [0.2, 0.25) is 0 Å². The maximum atomic E-state index is 13.9. The fraction of sp³-hybridized carbons (Fsp3) is 0.478. The number of aliphatic hydroxyl groups excluding tert-OH is 2. The lowest BCUT2D eigenvalue weighted by Crippen LogP contribution is -2.38. The van der Waals surface area contributed by atoms with E-state index in [4.69, 9.17) is 24.3 Å². The molecule has 0 spiro atoms. The largest absolute Gasteiger partial charge is 0.462 e. The van der Waals surface area contributed by atoms with Crippen molar-refractivity contribution in [1.29, 1.82) is 0 Å². The normalized spacial score (nSPS) is 28.2. The first-order valence-electron chi connectivity index (χ1n) is 12.2. The first-order chi connectivity index (χ1) is 18.5. The molecule has 15 nitrogen and oxygen atoms in total. The molecule has 39 heavy (non-hydrogen) atoms. The topological polar surface area (TPSA) is 213 Å². The van der Waals surface area contributed by atoms with Crippen LogP contribution in [0.25, 0.3) is 11.2 Å². The summed E-state index contributed by atoms with van der Waals surface area (Å²) in [4.78, 5) is 35.0. The van der Waals surface area contributed by atoms with Crippen molar-refractivity contribution in [3.63, 3.8) is 0 Å². The first kappa shape index (κ1) is 27.2. The van der Waals surface area contributed by atoms with Crippen LogP contribution < -0.4 is 20.9 Å². The molecule has 6 N–H and O–H groups in total. The molecular formula is C23H29N6O9P. The standard InChI is InChI=1S/C23H29N6O9P/c1-11(2)35-21(33)12(3)28-39(34,37-13-7-5-4-6-8-13)38-17-16-23(17,9-30)15(31)20(36-16)29-10-25-14-18(29)26-22(24)27-19(14)32/h4-8,10-12,15-17,20,30-31H,9H2,1-3H3,(H,28,34)(H3,24,26,27,32)/t12-,15+,16-,17?,20-,23-,39+/m1/s1. The van der Waals surface area contributed by atoms with Gasteiger partial charge in [-0.05, 0) is 32.9 Å². The third-order valence-corrected chi connectivity index (χ3v) is 8.27. The van der Waals surface area contributed by atoms with Crippen LogP contribution in [0.4, 0.5) is 5.95 Å². The molecule has 1 aliphatic heterocycles. The molecule has 3 aromatic rings. The van der Waals surface area contributed by atoms with Gasteiger partial charge >= 0.3 is 13.7 Å². The summed E-state index contributed by atoms with van der Waals surface area (Å²) in [6.45, 7) is 4.20. The molecule has 16 heteroatoms. The highest BCUT2D eigenvalue weighted by Crippen LogP contribution is 2.66. The van der Waals surface area contributed by atoms with Gasteiger partial charge in [0.25, 0.3) is 5.56 Å². The summed E-state index contributed by atoms with van der Waals surface area (Å²) in [5.41, 5.74) is 3.76. The van der Waals surface area contributed by atoms with Crippen molar-refractivity contribution in [1.82, 2.24) is 24.6 Å². The maximum Gasteiger partial charge on any atom is 0.459 e. The smallest absolute Gasteiger partial charge is 0.459 e. The summed E-state index contributed by atoms with van der Waals surface area (Å²) in [7, 11) is -4.30. The summed E-state index contributed by atoms with van der Waals surface area (Å²) < 4.78 is 38.0. The second-order valence-electron chi connectivity index (χ2n) is 9.70. The zero-order valence-corrected chi connectivity index (χ0v) is 22.1. The van der Waals surface area contributed by atoms with Crippen molar-refractivity contribution >= 4 is 30.8 Å². The number of nitrogens with one attached hydrogen (secondary N) is 2. The average Bonchev–Trinajstić information content (AvgIpc) is 3.11. The predicted octanol–water partition coefficient (Wildman–Crippen LogP) is 0.454. The van der Waals surface area contributed by atoms with E-state index in [1.165, 1.54) is 17.8 Å². The Hall–Kier alpha value is -3.33. The third-order valence-electron chi connectivity index (χ3n) is 6.61. The highest BCUT2D eigenvalue weighted by molar-refractivity contribution is 7.52. The lowest BCUT2D eigenvalue weighted by molar-refractivity contribution is -0.149. The third kappa shape index (κ3) is 4.81. The van der Waals surface area contributed by atoms with Gasteiger partial charge in [0.15, 0.2) is 17.4 Å².